The quantitative estimate of drug-likeness (QED) is 0.679. The Bertz CT molecular complexity index is 238. The number of nitrogens with one attached hydrogen (secondary N) is 1. The third-order valence-electron chi connectivity index (χ3n) is 2.81. The maximum Gasteiger partial charge on any atom is 0.223 e. The molecule has 0 aromatic heterocycles. The van der Waals surface area contributed by atoms with Crippen LogP contribution < -0.4 is 5.32 Å². The lowest BCUT2D eigenvalue weighted by Crippen LogP contribution is -2.42. The van der Waals surface area contributed by atoms with Crippen LogP contribution in [0, 0.1) is 5.92 Å². The Labute approximate surface area is 91.6 Å². The van der Waals surface area contributed by atoms with E-state index in [4.69, 9.17) is 0 Å². The average Bonchev–Trinajstić information content (AvgIpc) is 2.67. The molecule has 1 unspecified atom stereocenters. The van der Waals surface area contributed by atoms with Crippen molar-refractivity contribution in [1.29, 1.82) is 0 Å². The van der Waals surface area contributed by atoms with Crippen LogP contribution in [0.15, 0.2) is 12.2 Å². The van der Waals surface area contributed by atoms with Gasteiger partial charge in [0, 0.05) is 12.5 Å². The molecular formula is C12H21NO2. The fourth-order valence-electron chi connectivity index (χ4n) is 1.88. The predicted octanol–water partition coefficient (Wildman–Crippen LogP) is 1.62. The van der Waals surface area contributed by atoms with E-state index in [0.29, 0.717) is 6.54 Å². The zero-order chi connectivity index (χ0) is 11.3. The largest absolute Gasteiger partial charge is 0.388 e. The number of amides is 1. The van der Waals surface area contributed by atoms with E-state index in [1.54, 1.807) is 6.92 Å². The van der Waals surface area contributed by atoms with Gasteiger partial charge in [0.1, 0.15) is 0 Å². The molecule has 1 aliphatic carbocycles. The van der Waals surface area contributed by atoms with Crippen LogP contribution in [0.2, 0.25) is 0 Å². The molecule has 0 aliphatic heterocycles. The third kappa shape index (κ3) is 4.04. The lowest BCUT2D eigenvalue weighted by molar-refractivity contribution is -0.125. The second-order valence-corrected chi connectivity index (χ2v) is 4.60. The van der Waals surface area contributed by atoms with E-state index in [1.807, 2.05) is 19.1 Å². The van der Waals surface area contributed by atoms with Crippen molar-refractivity contribution in [3.05, 3.63) is 12.2 Å². The predicted molar refractivity (Wildman–Crippen MR) is 60.4 cm³/mol. The van der Waals surface area contributed by atoms with Crippen molar-refractivity contribution >= 4 is 5.91 Å². The molecule has 1 amide bonds. The first-order valence-electron chi connectivity index (χ1n) is 5.70. The first-order chi connectivity index (χ1) is 7.05. The van der Waals surface area contributed by atoms with Crippen LogP contribution in [0.1, 0.15) is 39.5 Å². The topological polar surface area (TPSA) is 49.3 Å². The van der Waals surface area contributed by atoms with E-state index in [0.717, 1.165) is 25.7 Å². The fourth-order valence-corrected chi connectivity index (χ4v) is 1.88. The zero-order valence-electron chi connectivity index (χ0n) is 9.62. The van der Waals surface area contributed by atoms with E-state index in [1.165, 1.54) is 0 Å². The molecule has 0 radical (unpaired) electrons. The molecule has 0 bridgehead atoms. The smallest absolute Gasteiger partial charge is 0.223 e. The van der Waals surface area contributed by atoms with Crippen molar-refractivity contribution in [3.8, 4) is 0 Å². The van der Waals surface area contributed by atoms with Gasteiger partial charge in [-0.3, -0.25) is 4.79 Å². The maximum absolute atomic E-state index is 11.6. The van der Waals surface area contributed by atoms with Gasteiger partial charge in [0.15, 0.2) is 0 Å². The summed E-state index contributed by atoms with van der Waals surface area (Å²) in [5.41, 5.74) is -0.767. The summed E-state index contributed by atoms with van der Waals surface area (Å²) in [6.45, 7) is 4.15. The van der Waals surface area contributed by atoms with E-state index >= 15 is 0 Å². The van der Waals surface area contributed by atoms with Crippen LogP contribution in [0.4, 0.5) is 0 Å². The number of hydrogen-bond donors (Lipinski definition) is 2. The van der Waals surface area contributed by atoms with Gasteiger partial charge in [-0.1, -0.05) is 25.5 Å². The van der Waals surface area contributed by atoms with Crippen molar-refractivity contribution in [2.45, 2.75) is 45.1 Å². The number of rotatable bonds is 5. The lowest BCUT2D eigenvalue weighted by Gasteiger charge is -2.23. The molecule has 1 atom stereocenters. The van der Waals surface area contributed by atoms with E-state index in [-0.39, 0.29) is 11.8 Å². The highest BCUT2D eigenvalue weighted by Gasteiger charge is 2.23. The Hall–Kier alpha value is -0.830. The lowest BCUT2D eigenvalue weighted by atomic mass is 10.00. The van der Waals surface area contributed by atoms with Gasteiger partial charge < -0.3 is 10.4 Å². The minimum atomic E-state index is -0.767. The molecule has 1 rings (SSSR count). The van der Waals surface area contributed by atoms with Crippen LogP contribution in [0.5, 0.6) is 0 Å². The Morgan fingerprint density at radius 3 is 2.67 bits per heavy atom. The molecule has 86 valence electrons. The summed E-state index contributed by atoms with van der Waals surface area (Å²) >= 11 is 0. The normalized spacial score (nSPS) is 20.2. The summed E-state index contributed by atoms with van der Waals surface area (Å²) in [4.78, 5) is 11.6. The van der Waals surface area contributed by atoms with E-state index in [9.17, 15) is 9.90 Å². The van der Waals surface area contributed by atoms with Gasteiger partial charge in [0.05, 0.1) is 5.60 Å². The van der Waals surface area contributed by atoms with Gasteiger partial charge in [0.25, 0.3) is 0 Å². The molecule has 0 aromatic carbocycles. The first kappa shape index (κ1) is 12.2. The second-order valence-electron chi connectivity index (χ2n) is 4.60. The van der Waals surface area contributed by atoms with E-state index < -0.39 is 5.60 Å². The van der Waals surface area contributed by atoms with Crippen LogP contribution in [0.3, 0.4) is 0 Å². The Morgan fingerprint density at radius 2 is 2.13 bits per heavy atom. The van der Waals surface area contributed by atoms with Crippen LogP contribution in [-0.4, -0.2) is 23.2 Å². The number of carbonyl (C=O) groups excluding carboxylic acids is 1. The third-order valence-corrected chi connectivity index (χ3v) is 2.81. The highest BCUT2D eigenvalue weighted by molar-refractivity contribution is 5.79. The zero-order valence-corrected chi connectivity index (χ0v) is 9.62. The minimum absolute atomic E-state index is 0.0661. The molecule has 0 saturated heterocycles. The van der Waals surface area contributed by atoms with E-state index in [2.05, 4.69) is 5.32 Å². The number of aliphatic hydroxyl groups is 1. The molecule has 0 fully saturated rings. The maximum atomic E-state index is 11.6. The molecule has 3 nitrogen and oxygen atoms in total. The highest BCUT2D eigenvalue weighted by atomic mass is 16.3. The van der Waals surface area contributed by atoms with Gasteiger partial charge in [0.2, 0.25) is 5.91 Å². The van der Waals surface area contributed by atoms with Crippen molar-refractivity contribution < 1.29 is 9.90 Å². The molecule has 0 heterocycles. The molecule has 0 saturated carbocycles. The summed E-state index contributed by atoms with van der Waals surface area (Å²) in [5.74, 6) is 0.152. The van der Waals surface area contributed by atoms with Crippen molar-refractivity contribution in [2.75, 3.05) is 6.54 Å². The van der Waals surface area contributed by atoms with Gasteiger partial charge in [-0.05, 0) is 26.2 Å². The minimum Gasteiger partial charge on any atom is -0.388 e. The van der Waals surface area contributed by atoms with Gasteiger partial charge >= 0.3 is 0 Å². The SMILES string of the molecule is CCCC(C)(O)CNC(=O)C1CC=CC1. The van der Waals surface area contributed by atoms with Crippen LogP contribution >= 0.6 is 0 Å². The van der Waals surface area contributed by atoms with Crippen molar-refractivity contribution in [2.24, 2.45) is 5.92 Å². The summed E-state index contributed by atoms with van der Waals surface area (Å²) in [7, 11) is 0. The number of carbonyl (C=O) groups is 1. The summed E-state index contributed by atoms with van der Waals surface area (Å²) in [5, 5.41) is 12.7. The fraction of sp³-hybridized carbons (Fsp3) is 0.750. The highest BCUT2D eigenvalue weighted by Crippen LogP contribution is 2.18. The standard InChI is InChI=1S/C12H21NO2/c1-3-8-12(2,15)9-13-11(14)10-6-4-5-7-10/h4-5,10,15H,3,6-9H2,1-2H3,(H,13,14). The number of allylic oxidation sites excluding steroid dienone is 2. The average molecular weight is 211 g/mol. The second kappa shape index (κ2) is 5.31. The van der Waals surface area contributed by atoms with Gasteiger partial charge in [-0.2, -0.15) is 0 Å². The molecule has 0 aromatic rings. The van der Waals surface area contributed by atoms with Crippen LogP contribution in [0.25, 0.3) is 0 Å². The van der Waals surface area contributed by atoms with Gasteiger partial charge in [-0.25, -0.2) is 0 Å². The Balaban J connectivity index is 2.27. The molecule has 1 aliphatic rings. The van der Waals surface area contributed by atoms with Crippen molar-refractivity contribution in [1.82, 2.24) is 5.32 Å². The molecule has 2 N–H and O–H groups in total. The first-order valence-corrected chi connectivity index (χ1v) is 5.70. The summed E-state index contributed by atoms with van der Waals surface area (Å²) < 4.78 is 0. The molecule has 3 heteroatoms. The summed E-state index contributed by atoms with van der Waals surface area (Å²) in [6, 6.07) is 0. The molecular weight excluding hydrogens is 190 g/mol. The Kier molecular flexibility index (Phi) is 4.33. The monoisotopic (exact) mass is 211 g/mol. The van der Waals surface area contributed by atoms with Crippen LogP contribution in [-0.2, 0) is 4.79 Å². The Morgan fingerprint density at radius 1 is 1.53 bits per heavy atom. The molecule has 15 heavy (non-hydrogen) atoms. The number of hydrogen-bond acceptors (Lipinski definition) is 2. The summed E-state index contributed by atoms with van der Waals surface area (Å²) in [6.07, 6.45) is 7.39. The van der Waals surface area contributed by atoms with Gasteiger partial charge in [-0.15, -0.1) is 0 Å². The van der Waals surface area contributed by atoms with Crippen molar-refractivity contribution in [3.63, 3.8) is 0 Å². The molecule has 0 spiro atoms.